The smallest absolute Gasteiger partial charge is 0.134 e. The van der Waals surface area contributed by atoms with E-state index in [1.807, 2.05) is 38.4 Å². The molecule has 1 atom stereocenters. The highest BCUT2D eigenvalue weighted by Crippen LogP contribution is 2.33. The number of rotatable bonds is 3. The summed E-state index contributed by atoms with van der Waals surface area (Å²) in [5.74, 6) is 0. The number of aryl methyl sites for hydroxylation is 1. The van der Waals surface area contributed by atoms with Crippen LogP contribution in [0.15, 0.2) is 41.1 Å². The number of nitrogens with zero attached hydrogens (tertiary/aromatic N) is 2. The van der Waals surface area contributed by atoms with E-state index in [2.05, 4.69) is 10.4 Å². The first-order chi connectivity index (χ1) is 9.22. The Hall–Kier alpha value is -1.78. The molecule has 3 aromatic rings. The highest BCUT2D eigenvalue weighted by Gasteiger charge is 2.22. The highest BCUT2D eigenvalue weighted by molar-refractivity contribution is 6.31. The van der Waals surface area contributed by atoms with Crippen molar-refractivity contribution >= 4 is 22.6 Å². The number of benzene rings is 1. The van der Waals surface area contributed by atoms with Gasteiger partial charge in [0.1, 0.15) is 5.58 Å². The predicted molar refractivity (Wildman–Crippen MR) is 75.3 cm³/mol. The molecule has 0 spiro atoms. The summed E-state index contributed by atoms with van der Waals surface area (Å²) >= 11 is 6.23. The third-order valence-corrected chi connectivity index (χ3v) is 3.61. The van der Waals surface area contributed by atoms with Crippen molar-refractivity contribution in [3.05, 3.63) is 53.0 Å². The molecule has 4 nitrogen and oxygen atoms in total. The fraction of sp³-hybridized carbons (Fsp3) is 0.214. The summed E-state index contributed by atoms with van der Waals surface area (Å²) in [5, 5.41) is 9.19. The number of furan rings is 1. The van der Waals surface area contributed by atoms with Crippen molar-refractivity contribution in [1.29, 1.82) is 0 Å². The van der Waals surface area contributed by atoms with Crippen molar-refractivity contribution in [2.45, 2.75) is 6.04 Å². The summed E-state index contributed by atoms with van der Waals surface area (Å²) in [7, 11) is 3.78. The molecule has 19 heavy (non-hydrogen) atoms. The van der Waals surface area contributed by atoms with E-state index in [1.54, 1.807) is 17.1 Å². The molecule has 0 bridgehead atoms. The van der Waals surface area contributed by atoms with Gasteiger partial charge in [-0.25, -0.2) is 0 Å². The van der Waals surface area contributed by atoms with Gasteiger partial charge in [0.2, 0.25) is 0 Å². The molecule has 2 aromatic heterocycles. The van der Waals surface area contributed by atoms with Gasteiger partial charge in [0, 0.05) is 18.0 Å². The number of aromatic nitrogens is 2. The second kappa shape index (κ2) is 4.72. The Balaban J connectivity index is 2.18. The molecule has 0 aliphatic carbocycles. The van der Waals surface area contributed by atoms with Crippen molar-refractivity contribution < 1.29 is 4.42 Å². The molecule has 3 rings (SSSR count). The van der Waals surface area contributed by atoms with Crippen LogP contribution < -0.4 is 5.32 Å². The van der Waals surface area contributed by atoms with Crippen LogP contribution in [-0.2, 0) is 7.05 Å². The SMILES string of the molecule is CNC(c1coc2ccccc12)c1c(Cl)cnn1C. The first kappa shape index (κ1) is 12.3. The standard InChI is InChI=1S/C14H14ClN3O/c1-16-13(14-11(15)7-17-18(14)2)10-8-19-12-6-4-3-5-9(10)12/h3-8,13,16H,1-2H3. The molecule has 5 heteroatoms. The first-order valence-electron chi connectivity index (χ1n) is 6.03. The van der Waals surface area contributed by atoms with Crippen LogP contribution in [0.1, 0.15) is 17.3 Å². The van der Waals surface area contributed by atoms with Gasteiger partial charge in [0.05, 0.1) is 29.2 Å². The molecule has 0 radical (unpaired) electrons. The van der Waals surface area contributed by atoms with E-state index < -0.39 is 0 Å². The zero-order chi connectivity index (χ0) is 13.4. The molecule has 0 saturated heterocycles. The fourth-order valence-corrected chi connectivity index (χ4v) is 2.68. The van der Waals surface area contributed by atoms with Crippen molar-refractivity contribution in [2.24, 2.45) is 7.05 Å². The van der Waals surface area contributed by atoms with E-state index in [9.17, 15) is 0 Å². The van der Waals surface area contributed by atoms with Gasteiger partial charge in [0.25, 0.3) is 0 Å². The predicted octanol–water partition coefficient (Wildman–Crippen LogP) is 3.13. The average molecular weight is 276 g/mol. The fourth-order valence-electron chi connectivity index (χ4n) is 2.41. The molecule has 2 heterocycles. The van der Waals surface area contributed by atoms with E-state index in [-0.39, 0.29) is 6.04 Å². The number of hydrogen-bond acceptors (Lipinski definition) is 3. The van der Waals surface area contributed by atoms with Crippen LogP contribution in [0.25, 0.3) is 11.0 Å². The largest absolute Gasteiger partial charge is 0.464 e. The average Bonchev–Trinajstić information content (AvgIpc) is 2.98. The highest BCUT2D eigenvalue weighted by atomic mass is 35.5. The Labute approximate surface area is 116 Å². The lowest BCUT2D eigenvalue weighted by molar-refractivity contribution is 0.577. The van der Waals surface area contributed by atoms with Crippen LogP contribution in [0.4, 0.5) is 0 Å². The lowest BCUT2D eigenvalue weighted by Gasteiger charge is -2.16. The van der Waals surface area contributed by atoms with Crippen LogP contribution in [-0.4, -0.2) is 16.8 Å². The summed E-state index contributed by atoms with van der Waals surface area (Å²) in [6, 6.07) is 7.91. The van der Waals surface area contributed by atoms with Crippen LogP contribution in [0.3, 0.4) is 0 Å². The maximum absolute atomic E-state index is 6.23. The van der Waals surface area contributed by atoms with E-state index in [4.69, 9.17) is 16.0 Å². The molecule has 98 valence electrons. The third-order valence-electron chi connectivity index (χ3n) is 3.32. The van der Waals surface area contributed by atoms with Gasteiger partial charge in [-0.15, -0.1) is 0 Å². The molecule has 0 aliphatic rings. The van der Waals surface area contributed by atoms with Gasteiger partial charge < -0.3 is 9.73 Å². The van der Waals surface area contributed by atoms with Gasteiger partial charge in [-0.3, -0.25) is 4.68 Å². The van der Waals surface area contributed by atoms with Gasteiger partial charge in [0.15, 0.2) is 0 Å². The number of hydrogen-bond donors (Lipinski definition) is 1. The van der Waals surface area contributed by atoms with Gasteiger partial charge in [-0.05, 0) is 13.1 Å². The van der Waals surface area contributed by atoms with Gasteiger partial charge >= 0.3 is 0 Å². The van der Waals surface area contributed by atoms with E-state index in [0.717, 1.165) is 22.2 Å². The molecular weight excluding hydrogens is 262 g/mol. The Bertz CT molecular complexity index is 697. The summed E-state index contributed by atoms with van der Waals surface area (Å²) in [5.41, 5.74) is 2.86. The molecular formula is C14H14ClN3O. The summed E-state index contributed by atoms with van der Waals surface area (Å²) in [4.78, 5) is 0. The Morgan fingerprint density at radius 3 is 2.84 bits per heavy atom. The summed E-state index contributed by atoms with van der Waals surface area (Å²) in [6.07, 6.45) is 3.43. The molecule has 0 amide bonds. The topological polar surface area (TPSA) is 43.0 Å². The third kappa shape index (κ3) is 1.93. The molecule has 1 unspecified atom stereocenters. The number of nitrogens with one attached hydrogen (secondary N) is 1. The van der Waals surface area contributed by atoms with Crippen LogP contribution in [0.5, 0.6) is 0 Å². The second-order valence-electron chi connectivity index (χ2n) is 4.41. The minimum absolute atomic E-state index is 0.0522. The Morgan fingerprint density at radius 1 is 1.37 bits per heavy atom. The second-order valence-corrected chi connectivity index (χ2v) is 4.82. The Kier molecular flexibility index (Phi) is 3.05. The van der Waals surface area contributed by atoms with Crippen LogP contribution >= 0.6 is 11.6 Å². The van der Waals surface area contributed by atoms with E-state index in [0.29, 0.717) is 5.02 Å². The lowest BCUT2D eigenvalue weighted by atomic mass is 10.0. The van der Waals surface area contributed by atoms with Crippen molar-refractivity contribution in [3.8, 4) is 0 Å². The van der Waals surface area contributed by atoms with Crippen LogP contribution in [0.2, 0.25) is 5.02 Å². The Morgan fingerprint density at radius 2 is 2.16 bits per heavy atom. The quantitative estimate of drug-likeness (QED) is 0.799. The van der Waals surface area contributed by atoms with E-state index >= 15 is 0 Å². The monoisotopic (exact) mass is 275 g/mol. The maximum Gasteiger partial charge on any atom is 0.134 e. The summed E-state index contributed by atoms with van der Waals surface area (Å²) < 4.78 is 7.38. The molecule has 1 aromatic carbocycles. The van der Waals surface area contributed by atoms with Crippen molar-refractivity contribution in [3.63, 3.8) is 0 Å². The molecule has 0 fully saturated rings. The molecule has 1 N–H and O–H groups in total. The van der Waals surface area contributed by atoms with Gasteiger partial charge in [-0.1, -0.05) is 29.8 Å². The van der Waals surface area contributed by atoms with Gasteiger partial charge in [-0.2, -0.15) is 5.10 Å². The zero-order valence-corrected chi connectivity index (χ0v) is 11.5. The van der Waals surface area contributed by atoms with Crippen molar-refractivity contribution in [2.75, 3.05) is 7.05 Å². The number of fused-ring (bicyclic) bond motifs is 1. The van der Waals surface area contributed by atoms with Crippen LogP contribution in [0, 0.1) is 0 Å². The van der Waals surface area contributed by atoms with Crippen molar-refractivity contribution in [1.82, 2.24) is 15.1 Å². The number of halogens is 1. The lowest BCUT2D eigenvalue weighted by Crippen LogP contribution is -2.20. The molecule has 0 saturated carbocycles. The maximum atomic E-state index is 6.23. The normalized spacial score (nSPS) is 13.0. The van der Waals surface area contributed by atoms with E-state index in [1.165, 1.54) is 0 Å². The first-order valence-corrected chi connectivity index (χ1v) is 6.41. The minimum atomic E-state index is -0.0522. The molecule has 0 aliphatic heterocycles. The minimum Gasteiger partial charge on any atom is -0.464 e. The summed E-state index contributed by atoms with van der Waals surface area (Å²) in [6.45, 7) is 0. The number of para-hydroxylation sites is 1. The zero-order valence-electron chi connectivity index (χ0n) is 10.7.